The number of hydrogen-bond acceptors (Lipinski definition) is 4. The van der Waals surface area contributed by atoms with Crippen LogP contribution in [0.1, 0.15) is 36.7 Å². The van der Waals surface area contributed by atoms with Crippen LogP contribution in [0.2, 0.25) is 0 Å². The molecule has 0 aliphatic carbocycles. The molecule has 0 amide bonds. The fourth-order valence-electron chi connectivity index (χ4n) is 3.11. The second-order valence-electron chi connectivity index (χ2n) is 6.37. The first-order valence-electron chi connectivity index (χ1n) is 8.63. The maximum atomic E-state index is 13.3. The molecule has 0 saturated carbocycles. The predicted molar refractivity (Wildman–Crippen MR) is 107 cm³/mol. The van der Waals surface area contributed by atoms with Crippen LogP contribution in [-0.4, -0.2) is 48.6 Å². The maximum absolute atomic E-state index is 13.3. The molecule has 1 atom stereocenters. The first kappa shape index (κ1) is 21.9. The van der Waals surface area contributed by atoms with Crippen molar-refractivity contribution in [2.75, 3.05) is 27.3 Å². The lowest BCUT2D eigenvalue weighted by Gasteiger charge is -2.38. The summed E-state index contributed by atoms with van der Waals surface area (Å²) in [6, 6.07) is 17.3. The highest BCUT2D eigenvalue weighted by Crippen LogP contribution is 2.28. The van der Waals surface area contributed by atoms with Gasteiger partial charge in [-0.25, -0.2) is 0 Å². The van der Waals surface area contributed by atoms with Gasteiger partial charge in [-0.1, -0.05) is 44.7 Å². The molecule has 1 N–H and O–H groups in total. The third-order valence-electron chi connectivity index (χ3n) is 4.68. The highest BCUT2D eigenvalue weighted by Gasteiger charge is 2.39. The SMILES string of the molecule is C.CCC(Cc1ccccc1)(C(=O)c1ccc(OCCO)cc1)N(C)C. The molecule has 0 aliphatic heterocycles. The first-order valence-corrected chi connectivity index (χ1v) is 8.63. The van der Waals surface area contributed by atoms with E-state index in [-0.39, 0.29) is 26.4 Å². The van der Waals surface area contributed by atoms with Crippen LogP contribution < -0.4 is 4.74 Å². The number of rotatable bonds is 9. The Hall–Kier alpha value is -2.17. The topological polar surface area (TPSA) is 49.8 Å². The van der Waals surface area contributed by atoms with Gasteiger partial charge in [0.25, 0.3) is 0 Å². The minimum atomic E-state index is -0.588. The Balaban J connectivity index is 0.00000338. The molecule has 0 fully saturated rings. The lowest BCUT2D eigenvalue weighted by Crippen LogP contribution is -2.52. The van der Waals surface area contributed by atoms with E-state index in [1.807, 2.05) is 37.2 Å². The molecule has 4 nitrogen and oxygen atoms in total. The highest BCUT2D eigenvalue weighted by atomic mass is 16.5. The van der Waals surface area contributed by atoms with E-state index in [4.69, 9.17) is 9.84 Å². The molecule has 2 aromatic carbocycles. The molecule has 2 rings (SSSR count). The summed E-state index contributed by atoms with van der Waals surface area (Å²) in [5.41, 5.74) is 1.23. The lowest BCUT2D eigenvalue weighted by atomic mass is 9.80. The van der Waals surface area contributed by atoms with E-state index in [2.05, 4.69) is 19.1 Å². The molecular weight excluding hydrogens is 326 g/mol. The molecule has 0 saturated heterocycles. The van der Waals surface area contributed by atoms with Crippen LogP contribution in [0.4, 0.5) is 0 Å². The van der Waals surface area contributed by atoms with Gasteiger partial charge in [0.05, 0.1) is 12.1 Å². The average molecular weight is 357 g/mol. The average Bonchev–Trinajstić information content (AvgIpc) is 2.65. The van der Waals surface area contributed by atoms with Crippen molar-refractivity contribution in [2.45, 2.75) is 32.7 Å². The quantitative estimate of drug-likeness (QED) is 0.693. The van der Waals surface area contributed by atoms with Crippen molar-refractivity contribution in [3.63, 3.8) is 0 Å². The number of aliphatic hydroxyl groups is 1. The largest absolute Gasteiger partial charge is 0.491 e. The molecule has 0 aliphatic rings. The monoisotopic (exact) mass is 357 g/mol. The number of nitrogens with zero attached hydrogens (tertiary/aromatic N) is 1. The summed E-state index contributed by atoms with van der Waals surface area (Å²) in [6.07, 6.45) is 1.38. The van der Waals surface area contributed by atoms with Crippen molar-refractivity contribution < 1.29 is 14.6 Å². The molecule has 1 unspecified atom stereocenters. The zero-order valence-corrected chi connectivity index (χ0v) is 15.2. The van der Waals surface area contributed by atoms with E-state index in [0.717, 1.165) is 12.0 Å². The van der Waals surface area contributed by atoms with Crippen LogP contribution in [-0.2, 0) is 6.42 Å². The van der Waals surface area contributed by atoms with Gasteiger partial charge in [-0.3, -0.25) is 9.69 Å². The molecule has 0 heterocycles. The smallest absolute Gasteiger partial charge is 0.183 e. The third kappa shape index (κ3) is 4.93. The zero-order valence-electron chi connectivity index (χ0n) is 15.2. The number of Topliss-reactive ketones (excluding diaryl/α,β-unsaturated/α-hetero) is 1. The summed E-state index contributed by atoms with van der Waals surface area (Å²) < 4.78 is 5.37. The van der Waals surface area contributed by atoms with Crippen molar-refractivity contribution in [1.29, 1.82) is 0 Å². The van der Waals surface area contributed by atoms with E-state index in [0.29, 0.717) is 17.7 Å². The number of likely N-dealkylation sites (N-methyl/N-ethyl adjacent to an activating group) is 1. The van der Waals surface area contributed by atoms with Crippen LogP contribution in [0, 0.1) is 0 Å². The standard InChI is InChI=1S/C21H27NO3.CH4/c1-4-21(22(2)3,16-17-8-6-5-7-9-17)20(24)18-10-12-19(13-11-18)25-15-14-23;/h5-13,23H,4,14-16H2,1-3H3;1H4. The molecule has 4 heteroatoms. The van der Waals surface area contributed by atoms with Crippen molar-refractivity contribution in [2.24, 2.45) is 0 Å². The minimum absolute atomic E-state index is 0. The Morgan fingerprint density at radius 2 is 1.69 bits per heavy atom. The van der Waals surface area contributed by atoms with Crippen LogP contribution in [0.15, 0.2) is 54.6 Å². The fraction of sp³-hybridized carbons (Fsp3) is 0.409. The summed E-state index contributed by atoms with van der Waals surface area (Å²) in [5.74, 6) is 0.762. The number of carbonyl (C=O) groups is 1. The zero-order chi connectivity index (χ0) is 18.3. The second kappa shape index (κ2) is 10.1. The molecule has 2 aromatic rings. The van der Waals surface area contributed by atoms with Gasteiger partial charge in [-0.2, -0.15) is 0 Å². The van der Waals surface area contributed by atoms with Crippen molar-refractivity contribution >= 4 is 5.78 Å². The summed E-state index contributed by atoms with van der Waals surface area (Å²) in [4.78, 5) is 15.4. The first-order chi connectivity index (χ1) is 12.0. The lowest BCUT2D eigenvalue weighted by molar-refractivity contribution is 0.0666. The molecule has 26 heavy (non-hydrogen) atoms. The summed E-state index contributed by atoms with van der Waals surface area (Å²) in [7, 11) is 3.92. The minimum Gasteiger partial charge on any atom is -0.491 e. The maximum Gasteiger partial charge on any atom is 0.183 e. The van der Waals surface area contributed by atoms with Gasteiger partial charge in [-0.05, 0) is 56.8 Å². The number of hydrogen-bond donors (Lipinski definition) is 1. The van der Waals surface area contributed by atoms with Gasteiger partial charge >= 0.3 is 0 Å². The number of benzene rings is 2. The van der Waals surface area contributed by atoms with E-state index >= 15 is 0 Å². The van der Waals surface area contributed by atoms with E-state index < -0.39 is 5.54 Å². The third-order valence-corrected chi connectivity index (χ3v) is 4.68. The molecule has 0 bridgehead atoms. The highest BCUT2D eigenvalue weighted by molar-refractivity contribution is 6.03. The Kier molecular flexibility index (Phi) is 8.49. The molecule has 0 spiro atoms. The summed E-state index contributed by atoms with van der Waals surface area (Å²) >= 11 is 0. The molecule has 0 aromatic heterocycles. The van der Waals surface area contributed by atoms with Gasteiger partial charge in [0.2, 0.25) is 0 Å². The van der Waals surface area contributed by atoms with Crippen molar-refractivity contribution in [1.82, 2.24) is 4.90 Å². The van der Waals surface area contributed by atoms with Crippen molar-refractivity contribution in [3.8, 4) is 5.75 Å². The summed E-state index contributed by atoms with van der Waals surface area (Å²) in [5, 5.41) is 8.83. The van der Waals surface area contributed by atoms with Crippen LogP contribution in [0.3, 0.4) is 0 Å². The fourth-order valence-corrected chi connectivity index (χ4v) is 3.11. The van der Waals surface area contributed by atoms with Gasteiger partial charge < -0.3 is 9.84 Å². The predicted octanol–water partition coefficient (Wildman–Crippen LogP) is 3.83. The Labute approximate surface area is 157 Å². The van der Waals surface area contributed by atoms with Gasteiger partial charge in [0.1, 0.15) is 12.4 Å². The number of ketones is 1. The van der Waals surface area contributed by atoms with E-state index in [1.165, 1.54) is 0 Å². The van der Waals surface area contributed by atoms with Gasteiger partial charge in [0, 0.05) is 5.56 Å². The molecular formula is C22H31NO3. The molecule has 0 radical (unpaired) electrons. The number of ether oxygens (including phenoxy) is 1. The summed E-state index contributed by atoms with van der Waals surface area (Å²) in [6.45, 7) is 2.27. The Morgan fingerprint density at radius 3 is 2.19 bits per heavy atom. The normalized spacial score (nSPS) is 13.0. The number of carbonyl (C=O) groups excluding carboxylic acids is 1. The second-order valence-corrected chi connectivity index (χ2v) is 6.37. The van der Waals surface area contributed by atoms with Crippen LogP contribution in [0.5, 0.6) is 5.75 Å². The van der Waals surface area contributed by atoms with E-state index in [1.54, 1.807) is 24.3 Å². The van der Waals surface area contributed by atoms with Crippen molar-refractivity contribution in [3.05, 3.63) is 65.7 Å². The van der Waals surface area contributed by atoms with Crippen LogP contribution >= 0.6 is 0 Å². The Morgan fingerprint density at radius 1 is 1.08 bits per heavy atom. The van der Waals surface area contributed by atoms with E-state index in [9.17, 15) is 4.79 Å². The number of aliphatic hydroxyl groups excluding tert-OH is 1. The Bertz CT molecular complexity index is 668. The van der Waals surface area contributed by atoms with Gasteiger partial charge in [-0.15, -0.1) is 0 Å². The van der Waals surface area contributed by atoms with Gasteiger partial charge in [0.15, 0.2) is 5.78 Å². The van der Waals surface area contributed by atoms with Crippen LogP contribution in [0.25, 0.3) is 0 Å². The molecule has 142 valence electrons.